The van der Waals surface area contributed by atoms with Crippen molar-refractivity contribution in [2.45, 2.75) is 19.4 Å². The molecule has 2 aromatic carbocycles. The molecule has 0 fully saturated rings. The Labute approximate surface area is 142 Å². The Bertz CT molecular complexity index is 686. The molecule has 2 N–H and O–H groups in total. The van der Waals surface area contributed by atoms with Gasteiger partial charge in [0.15, 0.2) is 0 Å². The second-order valence-electron chi connectivity index (χ2n) is 5.52. The van der Waals surface area contributed by atoms with Crippen LogP contribution in [0.25, 0.3) is 0 Å². The minimum absolute atomic E-state index is 0.136. The number of amides is 2. The summed E-state index contributed by atoms with van der Waals surface area (Å²) in [5.41, 5.74) is 1.94. The molecule has 0 heterocycles. The highest BCUT2D eigenvalue weighted by Gasteiger charge is 2.15. The molecule has 0 radical (unpaired) electrons. The molecule has 0 aliphatic heterocycles. The van der Waals surface area contributed by atoms with Crippen LogP contribution in [-0.2, 0) is 16.1 Å². The lowest BCUT2D eigenvalue weighted by atomic mass is 10.0. The van der Waals surface area contributed by atoms with Crippen LogP contribution in [0.1, 0.15) is 24.0 Å². The summed E-state index contributed by atoms with van der Waals surface area (Å²) in [6.45, 7) is 2.65. The van der Waals surface area contributed by atoms with Gasteiger partial charge >= 0.3 is 11.8 Å². The average molecular weight is 326 g/mol. The van der Waals surface area contributed by atoms with E-state index in [0.717, 1.165) is 11.1 Å². The highest BCUT2D eigenvalue weighted by atomic mass is 16.5. The lowest BCUT2D eigenvalue weighted by Gasteiger charge is -2.13. The third-order valence-electron chi connectivity index (χ3n) is 3.78. The fourth-order valence-corrected chi connectivity index (χ4v) is 2.33. The Morgan fingerprint density at radius 1 is 0.958 bits per heavy atom. The van der Waals surface area contributed by atoms with Crippen LogP contribution in [0, 0.1) is 0 Å². The minimum Gasteiger partial charge on any atom is -0.496 e. The molecule has 0 saturated carbocycles. The number of benzene rings is 2. The Balaban J connectivity index is 1.81. The molecule has 126 valence electrons. The van der Waals surface area contributed by atoms with Gasteiger partial charge in [-0.25, -0.2) is 0 Å². The summed E-state index contributed by atoms with van der Waals surface area (Å²) in [4.78, 5) is 23.8. The van der Waals surface area contributed by atoms with Gasteiger partial charge in [0.2, 0.25) is 0 Å². The number of carbonyl (C=O) groups is 2. The number of ether oxygens (including phenoxy) is 1. The zero-order valence-corrected chi connectivity index (χ0v) is 13.9. The summed E-state index contributed by atoms with van der Waals surface area (Å²) in [5.74, 6) is -0.470. The Morgan fingerprint density at radius 2 is 1.58 bits per heavy atom. The third-order valence-corrected chi connectivity index (χ3v) is 3.78. The quantitative estimate of drug-likeness (QED) is 0.800. The average Bonchev–Trinajstić information content (AvgIpc) is 2.64. The molecule has 2 aromatic rings. The van der Waals surface area contributed by atoms with Crippen LogP contribution >= 0.6 is 0 Å². The SMILES string of the molecule is COc1ccccc1CNC(=O)C(=O)NC[C@@H](C)c1ccccc1. The smallest absolute Gasteiger partial charge is 0.309 e. The maximum Gasteiger partial charge on any atom is 0.309 e. The maximum absolute atomic E-state index is 11.9. The van der Waals surface area contributed by atoms with Gasteiger partial charge in [-0.3, -0.25) is 9.59 Å². The van der Waals surface area contributed by atoms with Crippen LogP contribution in [0.4, 0.5) is 0 Å². The van der Waals surface area contributed by atoms with Crippen LogP contribution < -0.4 is 15.4 Å². The summed E-state index contributed by atoms with van der Waals surface area (Å²) < 4.78 is 5.21. The predicted molar refractivity (Wildman–Crippen MR) is 92.7 cm³/mol. The van der Waals surface area contributed by atoms with E-state index in [1.165, 1.54) is 0 Å². The molecule has 1 atom stereocenters. The Morgan fingerprint density at radius 3 is 2.29 bits per heavy atom. The number of carbonyl (C=O) groups excluding carboxylic acids is 2. The van der Waals surface area contributed by atoms with Crippen molar-refractivity contribution < 1.29 is 14.3 Å². The summed E-state index contributed by atoms with van der Waals surface area (Å²) in [5, 5.41) is 5.27. The van der Waals surface area contributed by atoms with Gasteiger partial charge < -0.3 is 15.4 Å². The molecule has 0 saturated heterocycles. The van der Waals surface area contributed by atoms with Crippen molar-refractivity contribution in [1.82, 2.24) is 10.6 Å². The van der Waals surface area contributed by atoms with Gasteiger partial charge in [0.1, 0.15) is 5.75 Å². The van der Waals surface area contributed by atoms with E-state index in [4.69, 9.17) is 4.74 Å². The van der Waals surface area contributed by atoms with Crippen molar-refractivity contribution >= 4 is 11.8 Å². The first-order valence-corrected chi connectivity index (χ1v) is 7.84. The van der Waals surface area contributed by atoms with E-state index in [1.807, 2.05) is 61.5 Å². The van der Waals surface area contributed by atoms with Crippen molar-refractivity contribution in [2.24, 2.45) is 0 Å². The standard InChI is InChI=1S/C19H22N2O3/c1-14(15-8-4-3-5-9-15)12-20-18(22)19(23)21-13-16-10-6-7-11-17(16)24-2/h3-11,14H,12-13H2,1-2H3,(H,20,22)(H,21,23)/t14-/m1/s1. The van der Waals surface area contributed by atoms with Gasteiger partial charge in [-0.15, -0.1) is 0 Å². The summed E-state index contributed by atoms with van der Waals surface area (Å²) in [6, 6.07) is 17.2. The van der Waals surface area contributed by atoms with E-state index >= 15 is 0 Å². The molecule has 2 amide bonds. The second-order valence-corrected chi connectivity index (χ2v) is 5.52. The molecule has 24 heavy (non-hydrogen) atoms. The largest absolute Gasteiger partial charge is 0.496 e. The monoisotopic (exact) mass is 326 g/mol. The molecule has 2 rings (SSSR count). The van der Waals surface area contributed by atoms with Gasteiger partial charge in [0, 0.05) is 18.7 Å². The normalized spacial score (nSPS) is 11.4. The van der Waals surface area contributed by atoms with Crippen molar-refractivity contribution in [1.29, 1.82) is 0 Å². The topological polar surface area (TPSA) is 67.4 Å². The number of methoxy groups -OCH3 is 1. The molecule has 5 heteroatoms. The molecule has 0 aromatic heterocycles. The maximum atomic E-state index is 11.9. The second kappa shape index (κ2) is 8.72. The van der Waals surface area contributed by atoms with Crippen LogP contribution in [0.2, 0.25) is 0 Å². The highest BCUT2D eigenvalue weighted by Crippen LogP contribution is 2.16. The fourth-order valence-electron chi connectivity index (χ4n) is 2.33. The first kappa shape index (κ1) is 17.5. The van der Waals surface area contributed by atoms with Crippen LogP contribution in [-0.4, -0.2) is 25.5 Å². The number of hydrogen-bond acceptors (Lipinski definition) is 3. The molecular formula is C19H22N2O3. The summed E-state index contributed by atoms with van der Waals surface area (Å²) >= 11 is 0. The van der Waals surface area contributed by atoms with E-state index < -0.39 is 11.8 Å². The molecule has 0 aliphatic rings. The number of nitrogens with one attached hydrogen (secondary N) is 2. The van der Waals surface area contributed by atoms with Crippen LogP contribution in [0.5, 0.6) is 5.75 Å². The molecule has 5 nitrogen and oxygen atoms in total. The number of rotatable bonds is 6. The lowest BCUT2D eigenvalue weighted by Crippen LogP contribution is -2.40. The van der Waals surface area contributed by atoms with Crippen molar-refractivity contribution in [2.75, 3.05) is 13.7 Å². The lowest BCUT2D eigenvalue weighted by molar-refractivity contribution is -0.139. The van der Waals surface area contributed by atoms with Crippen LogP contribution in [0.15, 0.2) is 54.6 Å². The van der Waals surface area contributed by atoms with Gasteiger partial charge in [-0.2, -0.15) is 0 Å². The molecule has 0 aliphatic carbocycles. The van der Waals surface area contributed by atoms with Crippen molar-refractivity contribution in [3.05, 3.63) is 65.7 Å². The Kier molecular flexibility index (Phi) is 6.37. The van der Waals surface area contributed by atoms with Crippen molar-refractivity contribution in [3.8, 4) is 5.75 Å². The number of para-hydroxylation sites is 1. The third kappa shape index (κ3) is 4.84. The predicted octanol–water partition coefficient (Wildman–Crippen LogP) is 2.23. The summed E-state index contributed by atoms with van der Waals surface area (Å²) in [6.07, 6.45) is 0. The van der Waals surface area contributed by atoms with E-state index in [2.05, 4.69) is 10.6 Å². The van der Waals surface area contributed by atoms with E-state index in [0.29, 0.717) is 12.3 Å². The molecule has 0 unspecified atom stereocenters. The van der Waals surface area contributed by atoms with Gasteiger partial charge in [0.25, 0.3) is 0 Å². The highest BCUT2D eigenvalue weighted by molar-refractivity contribution is 6.35. The first-order chi connectivity index (χ1) is 11.6. The number of hydrogen-bond donors (Lipinski definition) is 2. The van der Waals surface area contributed by atoms with Gasteiger partial charge in [-0.05, 0) is 17.5 Å². The molecule has 0 bridgehead atoms. The molecule has 0 spiro atoms. The first-order valence-electron chi connectivity index (χ1n) is 7.84. The van der Waals surface area contributed by atoms with Gasteiger partial charge in [0.05, 0.1) is 7.11 Å². The minimum atomic E-state index is -0.652. The van der Waals surface area contributed by atoms with Crippen LogP contribution in [0.3, 0.4) is 0 Å². The van der Waals surface area contributed by atoms with Crippen molar-refractivity contribution in [3.63, 3.8) is 0 Å². The fraction of sp³-hybridized carbons (Fsp3) is 0.263. The Hall–Kier alpha value is -2.82. The van der Waals surface area contributed by atoms with E-state index in [9.17, 15) is 9.59 Å². The van der Waals surface area contributed by atoms with E-state index in [-0.39, 0.29) is 12.5 Å². The summed E-state index contributed by atoms with van der Waals surface area (Å²) in [7, 11) is 1.57. The van der Waals surface area contributed by atoms with E-state index in [1.54, 1.807) is 7.11 Å². The zero-order valence-electron chi connectivity index (χ0n) is 13.9. The van der Waals surface area contributed by atoms with Gasteiger partial charge in [-0.1, -0.05) is 55.5 Å². The zero-order chi connectivity index (χ0) is 17.4. The molecular weight excluding hydrogens is 304 g/mol.